The maximum absolute atomic E-state index is 12.1. The Labute approximate surface area is 121 Å². The van der Waals surface area contributed by atoms with Crippen LogP contribution in [-0.4, -0.2) is 10.9 Å². The van der Waals surface area contributed by atoms with E-state index < -0.39 is 0 Å². The van der Waals surface area contributed by atoms with Crippen LogP contribution in [0.15, 0.2) is 34.9 Å². The maximum atomic E-state index is 12.1. The van der Waals surface area contributed by atoms with Crippen LogP contribution in [0.5, 0.6) is 0 Å². The van der Waals surface area contributed by atoms with E-state index in [0.29, 0.717) is 11.4 Å². The number of rotatable bonds is 2. The van der Waals surface area contributed by atoms with Gasteiger partial charge in [-0.25, -0.2) is 4.98 Å². The molecule has 2 aromatic rings. The fourth-order valence-electron chi connectivity index (χ4n) is 1.68. The first kappa shape index (κ1) is 13.7. The van der Waals surface area contributed by atoms with Crippen molar-refractivity contribution in [3.63, 3.8) is 0 Å². The summed E-state index contributed by atoms with van der Waals surface area (Å²) in [5, 5.41) is 2.80. The number of amides is 1. The lowest BCUT2D eigenvalue weighted by atomic mass is 10.1. The lowest BCUT2D eigenvalue weighted by Crippen LogP contribution is -2.13. The fraction of sp³-hybridized carbons (Fsp3) is 0.200. The van der Waals surface area contributed by atoms with Crippen LogP contribution >= 0.6 is 15.9 Å². The molecule has 0 spiro atoms. The summed E-state index contributed by atoms with van der Waals surface area (Å²) in [5.41, 5.74) is 3.96. The Morgan fingerprint density at radius 2 is 1.84 bits per heavy atom. The van der Waals surface area contributed by atoms with E-state index in [4.69, 9.17) is 0 Å². The predicted octanol–water partition coefficient (Wildman–Crippen LogP) is 4.02. The standard InChI is InChI=1S/C15H15BrN2O/c1-9-4-5-12(6-10(9)2)15(19)18-14-7-11(3)13(16)8-17-14/h4-8H,1-3H3,(H,17,18,19). The number of hydrogen-bond donors (Lipinski definition) is 1. The van der Waals surface area contributed by atoms with Crippen molar-refractivity contribution in [2.45, 2.75) is 20.8 Å². The molecule has 0 atom stereocenters. The van der Waals surface area contributed by atoms with Gasteiger partial charge in [-0.2, -0.15) is 0 Å². The lowest BCUT2D eigenvalue weighted by molar-refractivity contribution is 0.102. The zero-order valence-corrected chi connectivity index (χ0v) is 12.7. The first-order chi connectivity index (χ1) is 8.97. The van der Waals surface area contributed by atoms with Crippen LogP contribution in [0.1, 0.15) is 27.0 Å². The van der Waals surface area contributed by atoms with Gasteiger partial charge in [-0.05, 0) is 71.6 Å². The molecule has 0 unspecified atom stereocenters. The van der Waals surface area contributed by atoms with Gasteiger partial charge in [-0.15, -0.1) is 0 Å². The molecular weight excluding hydrogens is 304 g/mol. The van der Waals surface area contributed by atoms with E-state index in [1.54, 1.807) is 6.20 Å². The van der Waals surface area contributed by atoms with Crippen molar-refractivity contribution < 1.29 is 4.79 Å². The number of anilines is 1. The molecule has 1 heterocycles. The molecule has 3 nitrogen and oxygen atoms in total. The average molecular weight is 319 g/mol. The zero-order chi connectivity index (χ0) is 14.0. The average Bonchev–Trinajstić information content (AvgIpc) is 2.37. The third-order valence-corrected chi connectivity index (χ3v) is 3.89. The molecule has 2 rings (SSSR count). The number of halogens is 1. The minimum absolute atomic E-state index is 0.141. The van der Waals surface area contributed by atoms with Crippen molar-refractivity contribution in [2.75, 3.05) is 5.32 Å². The Morgan fingerprint density at radius 1 is 1.11 bits per heavy atom. The normalized spacial score (nSPS) is 10.3. The quantitative estimate of drug-likeness (QED) is 0.908. The summed E-state index contributed by atoms with van der Waals surface area (Å²) in [6.07, 6.45) is 1.69. The monoisotopic (exact) mass is 318 g/mol. The number of benzene rings is 1. The van der Waals surface area contributed by atoms with Gasteiger partial charge in [0.05, 0.1) is 0 Å². The van der Waals surface area contributed by atoms with E-state index in [0.717, 1.165) is 15.6 Å². The fourth-order valence-corrected chi connectivity index (χ4v) is 1.90. The van der Waals surface area contributed by atoms with E-state index >= 15 is 0 Å². The van der Waals surface area contributed by atoms with Gasteiger partial charge in [0, 0.05) is 16.2 Å². The van der Waals surface area contributed by atoms with E-state index in [1.807, 2.05) is 45.0 Å². The minimum Gasteiger partial charge on any atom is -0.307 e. The number of aromatic nitrogens is 1. The molecule has 0 aliphatic rings. The maximum Gasteiger partial charge on any atom is 0.256 e. The summed E-state index contributed by atoms with van der Waals surface area (Å²) in [6, 6.07) is 7.49. The highest BCUT2D eigenvalue weighted by molar-refractivity contribution is 9.10. The topological polar surface area (TPSA) is 42.0 Å². The lowest BCUT2D eigenvalue weighted by Gasteiger charge is -2.07. The number of pyridine rings is 1. The minimum atomic E-state index is -0.141. The Balaban J connectivity index is 2.20. The third-order valence-electron chi connectivity index (χ3n) is 3.06. The third kappa shape index (κ3) is 3.20. The van der Waals surface area contributed by atoms with Gasteiger partial charge in [0.15, 0.2) is 0 Å². The molecule has 4 heteroatoms. The largest absolute Gasteiger partial charge is 0.307 e. The van der Waals surface area contributed by atoms with E-state index in [2.05, 4.69) is 26.2 Å². The molecule has 0 aliphatic heterocycles. The number of carbonyl (C=O) groups excluding carboxylic acids is 1. The molecule has 0 saturated carbocycles. The molecule has 1 N–H and O–H groups in total. The molecule has 1 aromatic heterocycles. The van der Waals surface area contributed by atoms with Crippen LogP contribution < -0.4 is 5.32 Å². The number of nitrogens with zero attached hydrogens (tertiary/aromatic N) is 1. The van der Waals surface area contributed by atoms with Crippen molar-refractivity contribution in [3.8, 4) is 0 Å². The first-order valence-corrected chi connectivity index (χ1v) is 6.77. The summed E-state index contributed by atoms with van der Waals surface area (Å²) in [4.78, 5) is 16.3. The molecule has 0 fully saturated rings. The van der Waals surface area contributed by atoms with Gasteiger partial charge >= 0.3 is 0 Å². The predicted molar refractivity (Wildman–Crippen MR) is 80.5 cm³/mol. The highest BCUT2D eigenvalue weighted by Crippen LogP contribution is 2.18. The second-order valence-corrected chi connectivity index (χ2v) is 5.43. The van der Waals surface area contributed by atoms with Crippen molar-refractivity contribution in [3.05, 3.63) is 57.2 Å². The van der Waals surface area contributed by atoms with Crippen molar-refractivity contribution in [1.82, 2.24) is 4.98 Å². The summed E-state index contributed by atoms with van der Waals surface area (Å²) in [6.45, 7) is 5.97. The number of hydrogen-bond acceptors (Lipinski definition) is 2. The van der Waals surface area contributed by atoms with E-state index in [1.165, 1.54) is 5.56 Å². The molecule has 0 saturated heterocycles. The molecule has 98 valence electrons. The van der Waals surface area contributed by atoms with Gasteiger partial charge in [0.1, 0.15) is 5.82 Å². The Bertz CT molecular complexity index is 638. The highest BCUT2D eigenvalue weighted by Gasteiger charge is 2.08. The summed E-state index contributed by atoms with van der Waals surface area (Å²) in [7, 11) is 0. The highest BCUT2D eigenvalue weighted by atomic mass is 79.9. The second-order valence-electron chi connectivity index (χ2n) is 4.57. The molecule has 1 aromatic carbocycles. The van der Waals surface area contributed by atoms with Crippen LogP contribution in [0.3, 0.4) is 0 Å². The number of nitrogens with one attached hydrogen (secondary N) is 1. The van der Waals surface area contributed by atoms with Crippen molar-refractivity contribution >= 4 is 27.7 Å². The van der Waals surface area contributed by atoms with Gasteiger partial charge in [-0.1, -0.05) is 6.07 Å². The Kier molecular flexibility index (Phi) is 4.00. The summed E-state index contributed by atoms with van der Waals surface area (Å²) >= 11 is 3.38. The van der Waals surface area contributed by atoms with Gasteiger partial charge in [-0.3, -0.25) is 4.79 Å². The van der Waals surface area contributed by atoms with E-state index in [-0.39, 0.29) is 5.91 Å². The molecule has 1 amide bonds. The van der Waals surface area contributed by atoms with Crippen molar-refractivity contribution in [1.29, 1.82) is 0 Å². The van der Waals surface area contributed by atoms with Gasteiger partial charge in [0.2, 0.25) is 0 Å². The molecule has 19 heavy (non-hydrogen) atoms. The Hall–Kier alpha value is -1.68. The van der Waals surface area contributed by atoms with Gasteiger partial charge in [0.25, 0.3) is 5.91 Å². The first-order valence-electron chi connectivity index (χ1n) is 5.98. The smallest absolute Gasteiger partial charge is 0.256 e. The van der Waals surface area contributed by atoms with Crippen LogP contribution in [-0.2, 0) is 0 Å². The summed E-state index contributed by atoms with van der Waals surface area (Å²) in [5.74, 6) is 0.418. The van der Waals surface area contributed by atoms with Crippen LogP contribution in [0.4, 0.5) is 5.82 Å². The summed E-state index contributed by atoms with van der Waals surface area (Å²) < 4.78 is 0.927. The van der Waals surface area contributed by atoms with Gasteiger partial charge < -0.3 is 5.32 Å². The number of carbonyl (C=O) groups is 1. The Morgan fingerprint density at radius 3 is 2.47 bits per heavy atom. The van der Waals surface area contributed by atoms with E-state index in [9.17, 15) is 4.79 Å². The number of aryl methyl sites for hydroxylation is 3. The molecule has 0 aliphatic carbocycles. The molecule has 0 bridgehead atoms. The van der Waals surface area contributed by atoms with Crippen LogP contribution in [0.2, 0.25) is 0 Å². The molecular formula is C15H15BrN2O. The zero-order valence-electron chi connectivity index (χ0n) is 11.1. The second kappa shape index (κ2) is 5.53. The van der Waals surface area contributed by atoms with Crippen LogP contribution in [0.25, 0.3) is 0 Å². The SMILES string of the molecule is Cc1ccc(C(=O)Nc2cc(C)c(Br)cn2)cc1C. The van der Waals surface area contributed by atoms with Crippen molar-refractivity contribution in [2.24, 2.45) is 0 Å². The van der Waals surface area contributed by atoms with Crippen LogP contribution in [0, 0.1) is 20.8 Å². The molecule has 0 radical (unpaired) electrons.